The van der Waals surface area contributed by atoms with Crippen LogP contribution in [-0.4, -0.2) is 101 Å². The number of piperazine rings is 1. The highest BCUT2D eigenvalue weighted by Crippen LogP contribution is 2.50. The second kappa shape index (κ2) is 14.6. The van der Waals surface area contributed by atoms with Crippen LogP contribution in [0.5, 0.6) is 5.75 Å². The number of nitrogens with zero attached hydrogens (tertiary/aromatic N) is 3. The molecule has 5 aliphatic rings. The van der Waals surface area contributed by atoms with Gasteiger partial charge in [-0.15, -0.1) is 0 Å². The molecule has 12 heteroatoms. The first-order valence-corrected chi connectivity index (χ1v) is 20.8. The largest absolute Gasteiger partial charge is 0.490 e. The zero-order chi connectivity index (χ0) is 36.8. The summed E-state index contributed by atoms with van der Waals surface area (Å²) >= 11 is 6.48. The molecule has 1 spiro atoms. The van der Waals surface area contributed by atoms with E-state index in [9.17, 15) is 18.0 Å². The number of halogens is 1. The Labute approximate surface area is 313 Å². The first-order valence-electron chi connectivity index (χ1n) is 18.9. The van der Waals surface area contributed by atoms with Crippen LogP contribution in [0.3, 0.4) is 0 Å². The van der Waals surface area contributed by atoms with Gasteiger partial charge in [-0.1, -0.05) is 36.7 Å². The maximum atomic E-state index is 13.6. The summed E-state index contributed by atoms with van der Waals surface area (Å²) in [5, 5.41) is -0.0747. The maximum absolute atomic E-state index is 13.6. The highest BCUT2D eigenvalue weighted by Gasteiger charge is 2.49. The van der Waals surface area contributed by atoms with Crippen LogP contribution < -0.4 is 14.4 Å². The number of carbonyl (C=O) groups is 2. The molecule has 282 valence electrons. The number of ether oxygens (including phenoxy) is 2. The van der Waals surface area contributed by atoms with Crippen LogP contribution >= 0.6 is 11.6 Å². The number of allylic oxidation sites excluding steroid dienone is 1. The van der Waals surface area contributed by atoms with E-state index in [1.807, 2.05) is 32.2 Å². The Hall–Kier alpha value is -3.12. The average molecular weight is 753 g/mol. The molecule has 0 radical (unpaired) electrons. The predicted molar refractivity (Wildman–Crippen MR) is 204 cm³/mol. The fourth-order valence-corrected chi connectivity index (χ4v) is 10.8. The number of nitrogens with one attached hydrogen (secondary N) is 1. The van der Waals surface area contributed by atoms with E-state index in [4.69, 9.17) is 21.1 Å². The number of methoxy groups -OCH3 is 1. The Morgan fingerprint density at radius 1 is 1.10 bits per heavy atom. The molecule has 52 heavy (non-hydrogen) atoms. The SMILES string of the molecule is CO[C@]1(CCN2CCN(C)C(=O)C2)/C=C\C[C@H](C)[C@@H](C)S(=O)(=O)NC(=O)c2ccc3c(c2)N(C[C@@H]2CC[C@H]21)C[C@@]1(CCCc2cc(Cl)ccc21)CO3. The highest BCUT2D eigenvalue weighted by atomic mass is 35.5. The fraction of sp³-hybridized carbons (Fsp3) is 0.600. The molecule has 0 aromatic heterocycles. The lowest BCUT2D eigenvalue weighted by molar-refractivity contribution is -0.135. The molecule has 1 saturated heterocycles. The zero-order valence-electron chi connectivity index (χ0n) is 30.9. The lowest BCUT2D eigenvalue weighted by Crippen LogP contribution is -2.55. The molecule has 3 aliphatic heterocycles. The van der Waals surface area contributed by atoms with Crippen LogP contribution in [0.25, 0.3) is 0 Å². The molecule has 2 amide bonds. The first kappa shape index (κ1) is 37.2. The van der Waals surface area contributed by atoms with Gasteiger partial charge >= 0.3 is 0 Å². The number of rotatable bonds is 4. The van der Waals surface area contributed by atoms with Gasteiger partial charge in [0.05, 0.1) is 29.7 Å². The van der Waals surface area contributed by atoms with Gasteiger partial charge in [-0.05, 0) is 111 Å². The molecule has 0 unspecified atom stereocenters. The van der Waals surface area contributed by atoms with Crippen LogP contribution in [-0.2, 0) is 31.4 Å². The van der Waals surface area contributed by atoms with Gasteiger partial charge in [0.15, 0.2) is 0 Å². The van der Waals surface area contributed by atoms with Crippen LogP contribution in [0.4, 0.5) is 5.69 Å². The molecule has 6 atom stereocenters. The second-order valence-electron chi connectivity index (χ2n) is 16.0. The third-order valence-electron chi connectivity index (χ3n) is 13.0. The van der Waals surface area contributed by atoms with Crippen LogP contribution in [0.1, 0.15) is 73.9 Å². The number of fused-ring (bicyclic) bond motifs is 4. The van der Waals surface area contributed by atoms with Crippen molar-refractivity contribution in [2.45, 2.75) is 75.1 Å². The van der Waals surface area contributed by atoms with E-state index in [2.05, 4.69) is 38.8 Å². The molecular formula is C40H53ClN4O6S. The standard InChI is InChI=1S/C40H53ClN4O6S/c1-27-7-5-16-40(50-4,17-18-44-20-19-43(3)37(46)24-44)34-12-9-31(34)23-45-25-39(15-6-8-29-21-32(41)11-13-33(29)39)26-51-36-14-10-30(22-35(36)45)38(47)42-52(48,49)28(27)2/h5,10-11,13-14,16,21-22,27-28,31,34H,6-9,12,15,17-20,23-26H2,1-4H3,(H,42,47)/b16-5-/t27-,28+,31-,34+,39-,40-/m0/s1. The van der Waals surface area contributed by atoms with E-state index >= 15 is 0 Å². The number of aryl methyl sites for hydroxylation is 1. The van der Waals surface area contributed by atoms with Crippen molar-refractivity contribution >= 4 is 39.1 Å². The monoisotopic (exact) mass is 752 g/mol. The van der Waals surface area contributed by atoms with E-state index in [0.29, 0.717) is 38.4 Å². The molecule has 1 N–H and O–H groups in total. The van der Waals surface area contributed by atoms with Crippen molar-refractivity contribution < 1.29 is 27.5 Å². The summed E-state index contributed by atoms with van der Waals surface area (Å²) in [5.74, 6) is 0.422. The molecule has 10 nitrogen and oxygen atoms in total. The predicted octanol–water partition coefficient (Wildman–Crippen LogP) is 5.43. The van der Waals surface area contributed by atoms with Crippen molar-refractivity contribution in [2.24, 2.45) is 17.8 Å². The average Bonchev–Trinajstić information content (AvgIpc) is 3.26. The summed E-state index contributed by atoms with van der Waals surface area (Å²) in [5.41, 5.74) is 2.71. The Morgan fingerprint density at radius 3 is 2.67 bits per heavy atom. The van der Waals surface area contributed by atoms with E-state index in [1.165, 1.54) is 11.1 Å². The van der Waals surface area contributed by atoms with E-state index < -0.39 is 26.8 Å². The van der Waals surface area contributed by atoms with Crippen LogP contribution in [0, 0.1) is 17.8 Å². The first-order chi connectivity index (χ1) is 24.8. The molecule has 2 bridgehead atoms. The highest BCUT2D eigenvalue weighted by molar-refractivity contribution is 7.90. The second-order valence-corrected chi connectivity index (χ2v) is 18.5. The smallest absolute Gasteiger partial charge is 0.264 e. The molecule has 2 aliphatic carbocycles. The molecule has 2 aromatic rings. The molecule has 7 rings (SSSR count). The molecule has 1 saturated carbocycles. The number of carbonyl (C=O) groups excluding carboxylic acids is 2. The van der Waals surface area contributed by atoms with Crippen LogP contribution in [0.2, 0.25) is 5.02 Å². The summed E-state index contributed by atoms with van der Waals surface area (Å²) in [6, 6.07) is 11.5. The number of hydrogen-bond acceptors (Lipinski definition) is 8. The number of likely N-dealkylation sites (N-methyl/N-ethyl adjacent to an activating group) is 1. The fourth-order valence-electron chi connectivity index (χ4n) is 9.27. The number of anilines is 1. The van der Waals surface area contributed by atoms with Crippen molar-refractivity contribution in [3.63, 3.8) is 0 Å². The minimum absolute atomic E-state index is 0.130. The zero-order valence-corrected chi connectivity index (χ0v) is 32.5. The van der Waals surface area contributed by atoms with Crippen molar-refractivity contribution in [1.82, 2.24) is 14.5 Å². The molecule has 2 aromatic carbocycles. The van der Waals surface area contributed by atoms with Crippen molar-refractivity contribution in [3.05, 3.63) is 70.3 Å². The number of sulfonamides is 1. The molecular weight excluding hydrogens is 700 g/mol. The summed E-state index contributed by atoms with van der Waals surface area (Å²) in [6.45, 7) is 8.12. The third-order valence-corrected chi connectivity index (χ3v) is 15.1. The van der Waals surface area contributed by atoms with E-state index in [-0.39, 0.29) is 34.6 Å². The lowest BCUT2D eigenvalue weighted by atomic mass is 9.63. The van der Waals surface area contributed by atoms with Gasteiger partial charge in [0.1, 0.15) is 5.75 Å². The van der Waals surface area contributed by atoms with E-state index in [1.54, 1.807) is 25.0 Å². The lowest BCUT2D eigenvalue weighted by Gasteiger charge is -2.51. The van der Waals surface area contributed by atoms with Crippen molar-refractivity contribution in [3.8, 4) is 5.75 Å². The van der Waals surface area contributed by atoms with Gasteiger partial charge in [0, 0.05) is 62.9 Å². The summed E-state index contributed by atoms with van der Waals surface area (Å²) in [6.07, 6.45) is 10.5. The minimum atomic E-state index is -3.98. The molecule has 2 fully saturated rings. The van der Waals surface area contributed by atoms with Crippen molar-refractivity contribution in [2.75, 3.05) is 64.9 Å². The topological polar surface area (TPSA) is 108 Å². The summed E-state index contributed by atoms with van der Waals surface area (Å²) in [7, 11) is -0.331. The van der Waals surface area contributed by atoms with Gasteiger partial charge < -0.3 is 19.3 Å². The van der Waals surface area contributed by atoms with Gasteiger partial charge in [-0.2, -0.15) is 0 Å². The quantitative estimate of drug-likeness (QED) is 0.412. The van der Waals surface area contributed by atoms with Crippen molar-refractivity contribution in [1.29, 1.82) is 0 Å². The Bertz CT molecular complexity index is 1840. The van der Waals surface area contributed by atoms with Gasteiger partial charge in [0.25, 0.3) is 5.91 Å². The number of hydrogen-bond donors (Lipinski definition) is 1. The summed E-state index contributed by atoms with van der Waals surface area (Å²) < 4.78 is 42.7. The van der Waals surface area contributed by atoms with E-state index in [0.717, 1.165) is 68.9 Å². The van der Waals surface area contributed by atoms with Crippen LogP contribution in [0.15, 0.2) is 48.6 Å². The normalized spacial score (nSPS) is 32.9. The third kappa shape index (κ3) is 7.10. The maximum Gasteiger partial charge on any atom is 0.264 e. The number of benzene rings is 2. The molecule has 3 heterocycles. The Kier molecular flexibility index (Phi) is 10.5. The van der Waals surface area contributed by atoms with Gasteiger partial charge in [-0.25, -0.2) is 13.1 Å². The van der Waals surface area contributed by atoms with Gasteiger partial charge in [-0.3, -0.25) is 14.5 Å². The Morgan fingerprint density at radius 2 is 1.92 bits per heavy atom. The number of amides is 2. The minimum Gasteiger partial charge on any atom is -0.490 e. The summed E-state index contributed by atoms with van der Waals surface area (Å²) in [4.78, 5) is 32.6. The Balaban J connectivity index is 1.28. The van der Waals surface area contributed by atoms with Gasteiger partial charge in [0.2, 0.25) is 15.9 Å².